The zero-order chi connectivity index (χ0) is 22.6. The molecule has 5 nitrogen and oxygen atoms in total. The van der Waals surface area contributed by atoms with E-state index in [2.05, 4.69) is 47.9 Å². The summed E-state index contributed by atoms with van der Waals surface area (Å²) in [5.74, 6) is 2.25. The Kier molecular flexibility index (Phi) is 6.11. The number of carbonyl (C=O) groups excluding carboxylic acids is 1. The van der Waals surface area contributed by atoms with Gasteiger partial charge in [0.15, 0.2) is 0 Å². The molecule has 33 heavy (non-hydrogen) atoms. The molecule has 0 saturated carbocycles. The monoisotopic (exact) mass is 439 g/mol. The summed E-state index contributed by atoms with van der Waals surface area (Å²) < 4.78 is 8.31. The number of fused-ring (bicyclic) bond motifs is 1. The van der Waals surface area contributed by atoms with Crippen LogP contribution in [0.2, 0.25) is 0 Å². The van der Waals surface area contributed by atoms with Crippen LogP contribution in [-0.4, -0.2) is 33.5 Å². The molecular weight excluding hydrogens is 410 g/mol. The van der Waals surface area contributed by atoms with Gasteiger partial charge in [0.25, 0.3) is 0 Å². The van der Waals surface area contributed by atoms with Crippen molar-refractivity contribution < 1.29 is 9.53 Å². The van der Waals surface area contributed by atoms with Crippen LogP contribution in [0.1, 0.15) is 35.7 Å². The largest absolute Gasteiger partial charge is 0.493 e. The van der Waals surface area contributed by atoms with Crippen molar-refractivity contribution in [1.82, 2.24) is 14.5 Å². The van der Waals surface area contributed by atoms with E-state index in [9.17, 15) is 4.79 Å². The van der Waals surface area contributed by atoms with E-state index < -0.39 is 0 Å². The number of hydrogen-bond acceptors (Lipinski definition) is 3. The molecular formula is C28H29N3O2. The second-order valence-electron chi connectivity index (χ2n) is 8.74. The molecule has 1 aliphatic heterocycles. The lowest BCUT2D eigenvalue weighted by Gasteiger charge is -2.17. The summed E-state index contributed by atoms with van der Waals surface area (Å²) in [6.45, 7) is 4.87. The summed E-state index contributed by atoms with van der Waals surface area (Å²) in [7, 11) is 0. The maximum absolute atomic E-state index is 12.8. The first kappa shape index (κ1) is 21.3. The zero-order valence-electron chi connectivity index (χ0n) is 19.0. The molecule has 0 N–H and O–H groups in total. The third kappa shape index (κ3) is 4.63. The number of hydrogen-bond donors (Lipinski definition) is 0. The van der Waals surface area contributed by atoms with E-state index in [1.54, 1.807) is 0 Å². The highest BCUT2D eigenvalue weighted by Gasteiger charge is 2.33. The minimum Gasteiger partial charge on any atom is -0.493 e. The van der Waals surface area contributed by atoms with Gasteiger partial charge >= 0.3 is 0 Å². The number of benzene rings is 3. The normalized spacial score (nSPS) is 16.0. The smallest absolute Gasteiger partial charge is 0.223 e. The number of aromatic nitrogens is 2. The highest BCUT2D eigenvalue weighted by molar-refractivity contribution is 5.81. The fourth-order valence-electron chi connectivity index (χ4n) is 4.67. The van der Waals surface area contributed by atoms with Crippen LogP contribution < -0.4 is 4.74 Å². The highest BCUT2D eigenvalue weighted by Crippen LogP contribution is 2.31. The van der Waals surface area contributed by atoms with Gasteiger partial charge in [-0.25, -0.2) is 4.98 Å². The summed E-state index contributed by atoms with van der Waals surface area (Å²) in [5.41, 5.74) is 4.42. The first-order valence-corrected chi connectivity index (χ1v) is 11.6. The molecule has 1 aliphatic rings. The molecule has 0 bridgehead atoms. The van der Waals surface area contributed by atoms with Crippen LogP contribution in [0, 0.1) is 6.92 Å². The van der Waals surface area contributed by atoms with Crippen LogP contribution in [0.15, 0.2) is 78.9 Å². The van der Waals surface area contributed by atoms with Crippen molar-refractivity contribution in [1.29, 1.82) is 0 Å². The van der Waals surface area contributed by atoms with E-state index in [0.29, 0.717) is 26.1 Å². The topological polar surface area (TPSA) is 47.4 Å². The number of amides is 1. The Morgan fingerprint density at radius 1 is 0.970 bits per heavy atom. The number of para-hydroxylation sites is 3. The first-order valence-electron chi connectivity index (χ1n) is 11.6. The molecule has 0 aliphatic carbocycles. The van der Waals surface area contributed by atoms with E-state index in [1.165, 1.54) is 0 Å². The predicted octanol–water partition coefficient (Wildman–Crippen LogP) is 5.33. The van der Waals surface area contributed by atoms with Gasteiger partial charge in [-0.2, -0.15) is 0 Å². The second-order valence-corrected chi connectivity index (χ2v) is 8.74. The molecule has 5 heteroatoms. The van der Waals surface area contributed by atoms with E-state index in [1.807, 2.05) is 47.4 Å². The number of nitrogens with zero attached hydrogens (tertiary/aromatic N) is 3. The van der Waals surface area contributed by atoms with Gasteiger partial charge in [-0.15, -0.1) is 0 Å². The lowest BCUT2D eigenvalue weighted by Crippen LogP contribution is -2.24. The van der Waals surface area contributed by atoms with Crippen LogP contribution in [0.5, 0.6) is 5.75 Å². The van der Waals surface area contributed by atoms with Crippen molar-refractivity contribution in [3.63, 3.8) is 0 Å². The van der Waals surface area contributed by atoms with Gasteiger partial charge in [-0.05, 0) is 42.7 Å². The lowest BCUT2D eigenvalue weighted by atomic mass is 10.1. The molecule has 168 valence electrons. The van der Waals surface area contributed by atoms with E-state index in [4.69, 9.17) is 9.72 Å². The van der Waals surface area contributed by atoms with E-state index >= 15 is 0 Å². The maximum Gasteiger partial charge on any atom is 0.223 e. The van der Waals surface area contributed by atoms with Crippen molar-refractivity contribution in [2.24, 2.45) is 0 Å². The standard InChI is InChI=1S/C28H29N3O2/c1-21-10-5-8-15-26(21)33-17-9-16-31-25-14-7-6-13-24(25)29-28(31)23-18-27(32)30(20-23)19-22-11-3-2-4-12-22/h2-8,10-15,23H,9,16-20H2,1H3/t23-/m1/s1. The van der Waals surface area contributed by atoms with E-state index in [0.717, 1.165) is 46.7 Å². The van der Waals surface area contributed by atoms with Crippen molar-refractivity contribution >= 4 is 16.9 Å². The number of likely N-dealkylation sites (tertiary alicyclic amines) is 1. The van der Waals surface area contributed by atoms with Crippen LogP contribution >= 0.6 is 0 Å². The number of ether oxygens (including phenoxy) is 1. The number of imidazole rings is 1. The third-order valence-electron chi connectivity index (χ3n) is 6.36. The summed E-state index contributed by atoms with van der Waals surface area (Å²) in [6, 6.07) is 26.5. The first-order chi connectivity index (χ1) is 16.2. The van der Waals surface area contributed by atoms with E-state index in [-0.39, 0.29) is 11.8 Å². The Hall–Kier alpha value is -3.60. The van der Waals surface area contributed by atoms with Crippen molar-refractivity contribution in [3.05, 3.63) is 95.8 Å². The van der Waals surface area contributed by atoms with Gasteiger partial charge in [-0.1, -0.05) is 60.7 Å². The minimum atomic E-state index is 0.103. The van der Waals surface area contributed by atoms with Crippen LogP contribution in [0.25, 0.3) is 11.0 Å². The van der Waals surface area contributed by atoms with Crippen LogP contribution in [0.3, 0.4) is 0 Å². The van der Waals surface area contributed by atoms with Crippen LogP contribution in [0.4, 0.5) is 0 Å². The SMILES string of the molecule is Cc1ccccc1OCCCn1c([C@@H]2CC(=O)N(Cc3ccccc3)C2)nc2ccccc21. The van der Waals surface area contributed by atoms with Crippen molar-refractivity contribution in [2.45, 2.75) is 38.8 Å². The minimum absolute atomic E-state index is 0.103. The Bertz CT molecular complexity index is 1250. The second kappa shape index (κ2) is 9.49. The molecule has 5 rings (SSSR count). The lowest BCUT2D eigenvalue weighted by molar-refractivity contribution is -0.128. The maximum atomic E-state index is 12.8. The molecule has 2 heterocycles. The Morgan fingerprint density at radius 2 is 1.73 bits per heavy atom. The van der Waals surface area contributed by atoms with Crippen LogP contribution in [-0.2, 0) is 17.9 Å². The van der Waals surface area contributed by atoms with Gasteiger partial charge in [0.1, 0.15) is 11.6 Å². The zero-order valence-corrected chi connectivity index (χ0v) is 19.0. The number of rotatable bonds is 8. The molecule has 0 spiro atoms. The fraction of sp³-hybridized carbons (Fsp3) is 0.286. The predicted molar refractivity (Wildman–Crippen MR) is 130 cm³/mol. The summed E-state index contributed by atoms with van der Waals surface area (Å²) in [5, 5.41) is 0. The van der Waals surface area contributed by atoms with Crippen molar-refractivity contribution in [2.75, 3.05) is 13.2 Å². The van der Waals surface area contributed by atoms with Gasteiger partial charge in [0, 0.05) is 32.0 Å². The van der Waals surface area contributed by atoms with Gasteiger partial charge < -0.3 is 14.2 Å². The third-order valence-corrected chi connectivity index (χ3v) is 6.36. The number of aryl methyl sites for hydroxylation is 2. The summed E-state index contributed by atoms with van der Waals surface area (Å²) in [4.78, 5) is 19.7. The fourth-order valence-corrected chi connectivity index (χ4v) is 4.67. The van der Waals surface area contributed by atoms with Gasteiger partial charge in [0.2, 0.25) is 5.91 Å². The average molecular weight is 440 g/mol. The Morgan fingerprint density at radius 3 is 2.58 bits per heavy atom. The Labute approximate surface area is 194 Å². The molecule has 1 amide bonds. The molecule has 0 radical (unpaired) electrons. The quantitative estimate of drug-likeness (QED) is 0.349. The molecule has 1 atom stereocenters. The molecule has 1 fully saturated rings. The number of carbonyl (C=O) groups is 1. The molecule has 1 saturated heterocycles. The molecule has 3 aromatic carbocycles. The van der Waals surface area contributed by atoms with Crippen molar-refractivity contribution in [3.8, 4) is 5.75 Å². The van der Waals surface area contributed by atoms with Gasteiger partial charge in [-0.3, -0.25) is 4.79 Å². The van der Waals surface area contributed by atoms with Gasteiger partial charge in [0.05, 0.1) is 17.6 Å². The summed E-state index contributed by atoms with van der Waals surface area (Å²) in [6.07, 6.45) is 1.38. The molecule has 0 unspecified atom stereocenters. The molecule has 4 aromatic rings. The molecule has 1 aromatic heterocycles. The highest BCUT2D eigenvalue weighted by atomic mass is 16.5. The summed E-state index contributed by atoms with van der Waals surface area (Å²) >= 11 is 0. The average Bonchev–Trinajstić information content (AvgIpc) is 3.39. The Balaban J connectivity index is 1.31.